The molecule has 2 aromatic rings. The van der Waals surface area contributed by atoms with Crippen molar-refractivity contribution in [1.82, 2.24) is 0 Å². The quantitative estimate of drug-likeness (QED) is 0.771. The van der Waals surface area contributed by atoms with Gasteiger partial charge in [-0.1, -0.05) is 0 Å². The molecule has 2 aliphatic heterocycles. The van der Waals surface area contributed by atoms with Gasteiger partial charge in [-0.2, -0.15) is 0 Å². The van der Waals surface area contributed by atoms with Gasteiger partial charge in [0.15, 0.2) is 6.61 Å². The molecule has 0 bridgehead atoms. The molecule has 8 nitrogen and oxygen atoms in total. The maximum Gasteiger partial charge on any atom is 0.262 e. The fourth-order valence-corrected chi connectivity index (χ4v) is 3.25. The summed E-state index contributed by atoms with van der Waals surface area (Å²) in [6, 6.07) is 11.3. The summed E-state index contributed by atoms with van der Waals surface area (Å²) < 4.78 is 10.7. The fraction of sp³-hybridized carbons (Fsp3) is 0.250. The molecule has 4 rings (SSSR count). The van der Waals surface area contributed by atoms with Crippen LogP contribution in [0.3, 0.4) is 0 Å². The largest absolute Gasteiger partial charge is 0.494 e. The molecule has 28 heavy (non-hydrogen) atoms. The van der Waals surface area contributed by atoms with E-state index in [4.69, 9.17) is 9.47 Å². The van der Waals surface area contributed by atoms with Gasteiger partial charge in [0.1, 0.15) is 17.5 Å². The number of nitrogens with one attached hydrogen (secondary N) is 2. The molecule has 144 valence electrons. The first kappa shape index (κ1) is 17.8. The number of fused-ring (bicyclic) bond motifs is 1. The molecule has 1 fully saturated rings. The predicted molar refractivity (Wildman–Crippen MR) is 103 cm³/mol. The first-order chi connectivity index (χ1) is 13.5. The van der Waals surface area contributed by atoms with Gasteiger partial charge in [0.2, 0.25) is 5.91 Å². The van der Waals surface area contributed by atoms with Crippen molar-refractivity contribution in [1.29, 1.82) is 0 Å². The monoisotopic (exact) mass is 381 g/mol. The highest BCUT2D eigenvalue weighted by atomic mass is 16.5. The molecule has 1 saturated heterocycles. The van der Waals surface area contributed by atoms with E-state index in [0.29, 0.717) is 35.2 Å². The first-order valence-corrected chi connectivity index (χ1v) is 8.98. The highest BCUT2D eigenvalue weighted by molar-refractivity contribution is 6.23. The Hall–Kier alpha value is -3.55. The number of ether oxygens (including phenoxy) is 2. The molecular formula is C20H19N3O5. The molecule has 0 aromatic heterocycles. The van der Waals surface area contributed by atoms with Crippen molar-refractivity contribution in [3.05, 3.63) is 42.5 Å². The number of rotatable bonds is 5. The van der Waals surface area contributed by atoms with E-state index in [1.165, 1.54) is 4.90 Å². The SMILES string of the molecule is CCOc1ccc(N2C(=O)CC(Nc3ccc4c(c3)NC(=O)CO4)C2=O)cc1. The van der Waals surface area contributed by atoms with Crippen molar-refractivity contribution in [3.63, 3.8) is 0 Å². The Morgan fingerprint density at radius 1 is 1.18 bits per heavy atom. The minimum absolute atomic E-state index is 0.0214. The van der Waals surface area contributed by atoms with Crippen LogP contribution >= 0.6 is 0 Å². The molecule has 1 unspecified atom stereocenters. The van der Waals surface area contributed by atoms with E-state index >= 15 is 0 Å². The third-order valence-electron chi connectivity index (χ3n) is 4.51. The summed E-state index contributed by atoms with van der Waals surface area (Å²) in [6.07, 6.45) is 0.0476. The van der Waals surface area contributed by atoms with Gasteiger partial charge in [0.05, 0.1) is 24.4 Å². The van der Waals surface area contributed by atoms with Crippen molar-refractivity contribution in [2.24, 2.45) is 0 Å². The number of hydrogen-bond acceptors (Lipinski definition) is 6. The maximum atomic E-state index is 12.8. The summed E-state index contributed by atoms with van der Waals surface area (Å²) in [5.74, 6) is 0.403. The van der Waals surface area contributed by atoms with Gasteiger partial charge < -0.3 is 20.1 Å². The molecule has 8 heteroatoms. The average Bonchev–Trinajstić information content (AvgIpc) is 2.96. The summed E-state index contributed by atoms with van der Waals surface area (Å²) in [5, 5.41) is 5.79. The molecule has 2 aliphatic rings. The highest BCUT2D eigenvalue weighted by Gasteiger charge is 2.39. The number of amides is 3. The van der Waals surface area contributed by atoms with E-state index < -0.39 is 6.04 Å². The third-order valence-corrected chi connectivity index (χ3v) is 4.51. The van der Waals surface area contributed by atoms with Gasteiger partial charge >= 0.3 is 0 Å². The molecule has 1 atom stereocenters. The molecule has 0 spiro atoms. The van der Waals surface area contributed by atoms with E-state index in [9.17, 15) is 14.4 Å². The molecule has 2 heterocycles. The van der Waals surface area contributed by atoms with Crippen LogP contribution in [0, 0.1) is 0 Å². The second kappa shape index (κ2) is 7.22. The summed E-state index contributed by atoms with van der Waals surface area (Å²) >= 11 is 0. The van der Waals surface area contributed by atoms with Crippen LogP contribution in [0.5, 0.6) is 11.5 Å². The Labute approximate surface area is 161 Å². The maximum absolute atomic E-state index is 12.8. The molecule has 0 radical (unpaired) electrons. The molecule has 3 amide bonds. The molecule has 2 N–H and O–H groups in total. The summed E-state index contributed by atoms with van der Waals surface area (Å²) in [6.45, 7) is 2.40. The number of hydrogen-bond donors (Lipinski definition) is 2. The average molecular weight is 381 g/mol. The van der Waals surface area contributed by atoms with Crippen LogP contribution in [0.4, 0.5) is 17.1 Å². The van der Waals surface area contributed by atoms with Gasteiger partial charge in [0.25, 0.3) is 11.8 Å². The van der Waals surface area contributed by atoms with Gasteiger partial charge in [-0.3, -0.25) is 14.4 Å². The molecule has 0 aliphatic carbocycles. The van der Waals surface area contributed by atoms with Crippen molar-refractivity contribution in [2.45, 2.75) is 19.4 Å². The number of nitrogens with zero attached hydrogens (tertiary/aromatic N) is 1. The topological polar surface area (TPSA) is 97.0 Å². The van der Waals surface area contributed by atoms with Crippen LogP contribution in [-0.2, 0) is 14.4 Å². The van der Waals surface area contributed by atoms with Crippen LogP contribution in [-0.4, -0.2) is 37.0 Å². The van der Waals surface area contributed by atoms with Crippen molar-refractivity contribution >= 4 is 34.8 Å². The predicted octanol–water partition coefficient (Wildman–Crippen LogP) is 2.16. The number of anilines is 3. The number of carbonyl (C=O) groups is 3. The standard InChI is InChI=1S/C20H19N3O5/c1-2-27-14-6-4-13(5-7-14)23-19(25)10-16(20(23)26)21-12-3-8-17-15(9-12)22-18(24)11-28-17/h3-9,16,21H,2,10-11H2,1H3,(H,22,24). The second-order valence-electron chi connectivity index (χ2n) is 6.44. The zero-order valence-corrected chi connectivity index (χ0v) is 15.2. The Kier molecular flexibility index (Phi) is 4.60. The lowest BCUT2D eigenvalue weighted by molar-refractivity contribution is -0.121. The summed E-state index contributed by atoms with van der Waals surface area (Å²) in [4.78, 5) is 37.9. The van der Waals surface area contributed by atoms with E-state index in [1.807, 2.05) is 6.92 Å². The second-order valence-corrected chi connectivity index (χ2v) is 6.44. The number of imide groups is 1. The van der Waals surface area contributed by atoms with Crippen LogP contribution in [0.15, 0.2) is 42.5 Å². The fourth-order valence-electron chi connectivity index (χ4n) is 3.25. The lowest BCUT2D eigenvalue weighted by Crippen LogP contribution is -2.34. The molecular weight excluding hydrogens is 362 g/mol. The zero-order chi connectivity index (χ0) is 19.7. The lowest BCUT2D eigenvalue weighted by atomic mass is 10.2. The minimum atomic E-state index is -0.683. The van der Waals surface area contributed by atoms with Gasteiger partial charge in [-0.05, 0) is 49.4 Å². The van der Waals surface area contributed by atoms with Gasteiger partial charge in [0, 0.05) is 5.69 Å². The van der Waals surface area contributed by atoms with Crippen molar-refractivity contribution in [2.75, 3.05) is 28.7 Å². The van der Waals surface area contributed by atoms with Crippen LogP contribution in [0.2, 0.25) is 0 Å². The van der Waals surface area contributed by atoms with E-state index in [-0.39, 0.29) is 30.7 Å². The van der Waals surface area contributed by atoms with E-state index in [0.717, 1.165) is 0 Å². The molecule has 2 aromatic carbocycles. The van der Waals surface area contributed by atoms with Gasteiger partial charge in [-0.15, -0.1) is 0 Å². The number of benzene rings is 2. The minimum Gasteiger partial charge on any atom is -0.494 e. The van der Waals surface area contributed by atoms with E-state index in [1.54, 1.807) is 42.5 Å². The Morgan fingerprint density at radius 3 is 2.71 bits per heavy atom. The third kappa shape index (κ3) is 3.36. The molecule has 0 saturated carbocycles. The van der Waals surface area contributed by atoms with E-state index in [2.05, 4.69) is 10.6 Å². The lowest BCUT2D eigenvalue weighted by Gasteiger charge is -2.20. The normalized spacial score (nSPS) is 18.4. The van der Waals surface area contributed by atoms with Crippen molar-refractivity contribution in [3.8, 4) is 11.5 Å². The van der Waals surface area contributed by atoms with Crippen LogP contribution < -0.4 is 25.0 Å². The van der Waals surface area contributed by atoms with Gasteiger partial charge in [-0.25, -0.2) is 4.90 Å². The highest BCUT2D eigenvalue weighted by Crippen LogP contribution is 2.32. The smallest absolute Gasteiger partial charge is 0.262 e. The Balaban J connectivity index is 1.50. The zero-order valence-electron chi connectivity index (χ0n) is 15.2. The Morgan fingerprint density at radius 2 is 1.96 bits per heavy atom. The Bertz CT molecular complexity index is 941. The van der Waals surface area contributed by atoms with Crippen LogP contribution in [0.25, 0.3) is 0 Å². The summed E-state index contributed by atoms with van der Waals surface area (Å²) in [5.41, 5.74) is 1.65. The van der Waals surface area contributed by atoms with Crippen LogP contribution in [0.1, 0.15) is 13.3 Å². The number of carbonyl (C=O) groups excluding carboxylic acids is 3. The van der Waals surface area contributed by atoms with Crippen molar-refractivity contribution < 1.29 is 23.9 Å². The summed E-state index contributed by atoms with van der Waals surface area (Å²) in [7, 11) is 0. The first-order valence-electron chi connectivity index (χ1n) is 8.98.